The Morgan fingerprint density at radius 2 is 1.79 bits per heavy atom. The van der Waals surface area contributed by atoms with Gasteiger partial charge in [-0.1, -0.05) is 6.07 Å². The van der Waals surface area contributed by atoms with Gasteiger partial charge in [-0.2, -0.15) is 0 Å². The van der Waals surface area contributed by atoms with Crippen LogP contribution in [0, 0.1) is 0 Å². The molecule has 0 fully saturated rings. The fraction of sp³-hybridized carbons (Fsp3) is 0.350. The lowest BCUT2D eigenvalue weighted by Crippen LogP contribution is -2.37. The van der Waals surface area contributed by atoms with Gasteiger partial charge in [0.15, 0.2) is 17.5 Å². The van der Waals surface area contributed by atoms with Gasteiger partial charge in [-0.15, -0.1) is 24.0 Å². The Morgan fingerprint density at radius 3 is 2.54 bits per heavy atom. The average Bonchev–Trinajstić information content (AvgIpc) is 3.18. The molecule has 1 aliphatic heterocycles. The van der Waals surface area contributed by atoms with Gasteiger partial charge in [0.2, 0.25) is 6.79 Å². The van der Waals surface area contributed by atoms with Gasteiger partial charge in [-0.25, -0.2) is 0 Å². The summed E-state index contributed by atoms with van der Waals surface area (Å²) in [5, 5.41) is 6.57. The van der Waals surface area contributed by atoms with Crippen LogP contribution in [0.15, 0.2) is 47.5 Å². The highest BCUT2D eigenvalue weighted by atomic mass is 127. The maximum Gasteiger partial charge on any atom is 0.231 e. The van der Waals surface area contributed by atoms with E-state index in [2.05, 4.69) is 15.6 Å². The molecule has 0 amide bonds. The molecule has 1 aliphatic rings. The van der Waals surface area contributed by atoms with Crippen LogP contribution in [0.2, 0.25) is 0 Å². The number of hydrogen-bond acceptors (Lipinski definition) is 5. The summed E-state index contributed by atoms with van der Waals surface area (Å²) in [5.41, 5.74) is 1.10. The minimum Gasteiger partial charge on any atom is -0.497 e. The number of guanidine groups is 1. The number of nitrogens with one attached hydrogen (secondary N) is 2. The molecular weight excluding hydrogens is 473 g/mol. The van der Waals surface area contributed by atoms with E-state index in [0.717, 1.165) is 47.5 Å². The van der Waals surface area contributed by atoms with E-state index in [1.165, 1.54) is 0 Å². The van der Waals surface area contributed by atoms with Crippen LogP contribution in [0.5, 0.6) is 23.0 Å². The van der Waals surface area contributed by atoms with Crippen LogP contribution >= 0.6 is 24.0 Å². The molecule has 2 N–H and O–H groups in total. The van der Waals surface area contributed by atoms with Crippen molar-refractivity contribution in [3.05, 3.63) is 48.0 Å². The summed E-state index contributed by atoms with van der Waals surface area (Å²) in [6.45, 7) is 2.32. The van der Waals surface area contributed by atoms with Crippen LogP contribution in [0.25, 0.3) is 0 Å². The van der Waals surface area contributed by atoms with Gasteiger partial charge in [0.05, 0.1) is 13.7 Å². The SMILES string of the molecule is CN=C(NCCCOc1ccc(OC)cc1)NCc1ccc2c(c1)OCO2.I. The highest BCUT2D eigenvalue weighted by Gasteiger charge is 2.13. The van der Waals surface area contributed by atoms with Gasteiger partial charge in [0, 0.05) is 20.1 Å². The van der Waals surface area contributed by atoms with Crippen molar-refractivity contribution in [1.82, 2.24) is 10.6 Å². The molecule has 0 saturated carbocycles. The highest BCUT2D eigenvalue weighted by molar-refractivity contribution is 14.0. The molecule has 28 heavy (non-hydrogen) atoms. The van der Waals surface area contributed by atoms with Crippen LogP contribution < -0.4 is 29.6 Å². The molecule has 2 aromatic rings. The van der Waals surface area contributed by atoms with Crippen molar-refractivity contribution in [2.24, 2.45) is 4.99 Å². The van der Waals surface area contributed by atoms with Crippen molar-refractivity contribution in [1.29, 1.82) is 0 Å². The van der Waals surface area contributed by atoms with Crippen LogP contribution in [-0.4, -0.2) is 40.1 Å². The Bertz CT molecular complexity index is 769. The van der Waals surface area contributed by atoms with Crippen LogP contribution in [-0.2, 0) is 6.54 Å². The molecule has 8 heteroatoms. The molecule has 0 unspecified atom stereocenters. The summed E-state index contributed by atoms with van der Waals surface area (Å²) < 4.78 is 21.6. The molecule has 0 spiro atoms. The zero-order chi connectivity index (χ0) is 18.9. The predicted molar refractivity (Wildman–Crippen MR) is 119 cm³/mol. The fourth-order valence-electron chi connectivity index (χ4n) is 2.60. The monoisotopic (exact) mass is 499 g/mol. The summed E-state index contributed by atoms with van der Waals surface area (Å²) in [7, 11) is 3.40. The number of hydrogen-bond donors (Lipinski definition) is 2. The second-order valence-corrected chi connectivity index (χ2v) is 5.92. The van der Waals surface area contributed by atoms with E-state index in [-0.39, 0.29) is 30.8 Å². The van der Waals surface area contributed by atoms with Gasteiger partial charge < -0.3 is 29.6 Å². The molecule has 0 saturated heterocycles. The number of rotatable bonds is 8. The summed E-state index contributed by atoms with van der Waals surface area (Å²) in [4.78, 5) is 4.23. The van der Waals surface area contributed by atoms with E-state index in [1.807, 2.05) is 42.5 Å². The zero-order valence-electron chi connectivity index (χ0n) is 16.1. The highest BCUT2D eigenvalue weighted by Crippen LogP contribution is 2.32. The Balaban J connectivity index is 0.00000280. The first-order valence-corrected chi connectivity index (χ1v) is 8.88. The molecule has 0 bridgehead atoms. The van der Waals surface area contributed by atoms with Gasteiger partial charge in [-0.3, -0.25) is 4.99 Å². The van der Waals surface area contributed by atoms with E-state index in [0.29, 0.717) is 13.2 Å². The summed E-state index contributed by atoms with van der Waals surface area (Å²) in [5.74, 6) is 3.98. The molecule has 7 nitrogen and oxygen atoms in total. The minimum atomic E-state index is 0. The van der Waals surface area contributed by atoms with Gasteiger partial charge >= 0.3 is 0 Å². The summed E-state index contributed by atoms with van der Waals surface area (Å²) in [6, 6.07) is 13.5. The van der Waals surface area contributed by atoms with Gasteiger partial charge in [0.1, 0.15) is 11.5 Å². The van der Waals surface area contributed by atoms with Crippen LogP contribution in [0.1, 0.15) is 12.0 Å². The van der Waals surface area contributed by atoms with E-state index >= 15 is 0 Å². The first-order valence-electron chi connectivity index (χ1n) is 8.88. The molecule has 0 radical (unpaired) electrons. The van der Waals surface area contributed by atoms with Crippen molar-refractivity contribution < 1.29 is 18.9 Å². The summed E-state index contributed by atoms with van der Waals surface area (Å²) in [6.07, 6.45) is 0.858. The third-order valence-electron chi connectivity index (χ3n) is 4.06. The molecule has 1 heterocycles. The van der Waals surface area contributed by atoms with Crippen molar-refractivity contribution in [3.63, 3.8) is 0 Å². The first kappa shape index (κ1) is 21.9. The number of benzene rings is 2. The Morgan fingerprint density at radius 1 is 1.04 bits per heavy atom. The predicted octanol–water partition coefficient (Wildman–Crippen LogP) is 3.18. The Hall–Kier alpha value is -2.36. The Labute approximate surface area is 182 Å². The minimum absolute atomic E-state index is 0. The third kappa shape index (κ3) is 6.36. The van der Waals surface area contributed by atoms with E-state index < -0.39 is 0 Å². The van der Waals surface area contributed by atoms with Crippen molar-refractivity contribution in [3.8, 4) is 23.0 Å². The van der Waals surface area contributed by atoms with Crippen molar-refractivity contribution in [2.75, 3.05) is 34.1 Å². The largest absolute Gasteiger partial charge is 0.497 e. The fourth-order valence-corrected chi connectivity index (χ4v) is 2.60. The maximum absolute atomic E-state index is 5.71. The van der Waals surface area contributed by atoms with Gasteiger partial charge in [-0.05, 0) is 48.4 Å². The molecule has 0 aliphatic carbocycles. The van der Waals surface area contributed by atoms with E-state index in [4.69, 9.17) is 18.9 Å². The lowest BCUT2D eigenvalue weighted by molar-refractivity contribution is 0.174. The Kier molecular flexibility index (Phi) is 8.99. The molecule has 0 aromatic heterocycles. The quantitative estimate of drug-likeness (QED) is 0.252. The second kappa shape index (κ2) is 11.5. The van der Waals surface area contributed by atoms with Gasteiger partial charge in [0.25, 0.3) is 0 Å². The smallest absolute Gasteiger partial charge is 0.231 e. The molecule has 3 rings (SSSR count). The number of fused-ring (bicyclic) bond motifs is 1. The number of aliphatic imine (C=N–C) groups is 1. The molecule has 152 valence electrons. The lowest BCUT2D eigenvalue weighted by Gasteiger charge is -2.12. The number of halogens is 1. The van der Waals surface area contributed by atoms with E-state index in [9.17, 15) is 0 Å². The molecular formula is C20H26IN3O4. The van der Waals surface area contributed by atoms with E-state index in [1.54, 1.807) is 14.2 Å². The topological polar surface area (TPSA) is 73.3 Å². The molecule has 2 aromatic carbocycles. The number of ether oxygens (including phenoxy) is 4. The normalized spacial score (nSPS) is 12.1. The number of nitrogens with zero attached hydrogens (tertiary/aromatic N) is 1. The first-order chi connectivity index (χ1) is 13.3. The zero-order valence-corrected chi connectivity index (χ0v) is 18.4. The van der Waals surface area contributed by atoms with Crippen molar-refractivity contribution >= 4 is 29.9 Å². The number of methoxy groups -OCH3 is 1. The summed E-state index contributed by atoms with van der Waals surface area (Å²) >= 11 is 0. The standard InChI is InChI=1S/C20H25N3O4.HI/c1-21-20(23-13-15-4-9-18-19(12-15)27-14-26-18)22-10-3-11-25-17-7-5-16(24-2)6-8-17;/h4-9,12H,3,10-11,13-14H2,1-2H3,(H2,21,22,23);1H. The lowest BCUT2D eigenvalue weighted by atomic mass is 10.2. The average molecular weight is 499 g/mol. The maximum atomic E-state index is 5.71. The third-order valence-corrected chi connectivity index (χ3v) is 4.06. The van der Waals surface area contributed by atoms with Crippen molar-refractivity contribution in [2.45, 2.75) is 13.0 Å². The van der Waals surface area contributed by atoms with Crippen LogP contribution in [0.3, 0.4) is 0 Å². The molecule has 0 atom stereocenters. The van der Waals surface area contributed by atoms with Crippen LogP contribution in [0.4, 0.5) is 0 Å². The second-order valence-electron chi connectivity index (χ2n) is 5.92.